The highest BCUT2D eigenvalue weighted by Gasteiger charge is 2.26. The van der Waals surface area contributed by atoms with Crippen LogP contribution in [0.2, 0.25) is 0 Å². The summed E-state index contributed by atoms with van der Waals surface area (Å²) in [7, 11) is 0. The van der Waals surface area contributed by atoms with Crippen LogP contribution < -0.4 is 21.5 Å². The first-order chi connectivity index (χ1) is 8.88. The van der Waals surface area contributed by atoms with E-state index in [1.165, 1.54) is 12.8 Å². The van der Waals surface area contributed by atoms with Crippen molar-refractivity contribution in [2.24, 2.45) is 11.7 Å². The van der Waals surface area contributed by atoms with E-state index in [0.717, 1.165) is 0 Å². The Morgan fingerprint density at radius 3 is 2.79 bits per heavy atom. The van der Waals surface area contributed by atoms with Gasteiger partial charge >= 0.3 is 0 Å². The van der Waals surface area contributed by atoms with Gasteiger partial charge in [0.1, 0.15) is 11.4 Å². The fourth-order valence-electron chi connectivity index (χ4n) is 1.50. The second-order valence-corrected chi connectivity index (χ2v) is 5.46. The van der Waals surface area contributed by atoms with E-state index in [0.29, 0.717) is 29.9 Å². The van der Waals surface area contributed by atoms with E-state index in [1.807, 2.05) is 0 Å². The number of nitrogens with one attached hydrogen (secondary N) is 1. The standard InChI is InChI=1S/C13H20N4O2/c1-13(2,12(15)18)17-10-6-5-9(14)11(16-10)19-7-8-3-4-8/h5-6,8H,3-4,7,14H2,1-2H3,(H2,15,18)(H,16,17). The SMILES string of the molecule is CC(C)(Nc1ccc(N)c(OCC2CC2)n1)C(N)=O. The van der Waals surface area contributed by atoms with Crippen LogP contribution in [-0.2, 0) is 4.79 Å². The van der Waals surface area contributed by atoms with E-state index in [2.05, 4.69) is 10.3 Å². The van der Waals surface area contributed by atoms with Crippen molar-refractivity contribution in [1.29, 1.82) is 0 Å². The van der Waals surface area contributed by atoms with Crippen molar-refractivity contribution in [1.82, 2.24) is 4.98 Å². The van der Waals surface area contributed by atoms with Crippen molar-refractivity contribution >= 4 is 17.4 Å². The average molecular weight is 264 g/mol. The first-order valence-corrected chi connectivity index (χ1v) is 6.36. The Bertz CT molecular complexity index is 484. The van der Waals surface area contributed by atoms with E-state index in [9.17, 15) is 4.79 Å². The fourth-order valence-corrected chi connectivity index (χ4v) is 1.50. The van der Waals surface area contributed by atoms with Gasteiger partial charge in [-0.25, -0.2) is 0 Å². The minimum atomic E-state index is -0.878. The van der Waals surface area contributed by atoms with Gasteiger partial charge < -0.3 is 21.5 Å². The maximum atomic E-state index is 11.3. The normalized spacial score (nSPS) is 15.1. The molecular formula is C13H20N4O2. The number of ether oxygens (including phenoxy) is 1. The minimum absolute atomic E-state index is 0.400. The van der Waals surface area contributed by atoms with Crippen LogP contribution in [0.15, 0.2) is 12.1 Å². The van der Waals surface area contributed by atoms with Crippen LogP contribution in [0, 0.1) is 5.92 Å². The Morgan fingerprint density at radius 2 is 2.21 bits per heavy atom. The number of primary amides is 1. The lowest BCUT2D eigenvalue weighted by atomic mass is 10.1. The Hall–Kier alpha value is -1.98. The van der Waals surface area contributed by atoms with Crippen molar-refractivity contribution < 1.29 is 9.53 Å². The molecule has 1 saturated carbocycles. The maximum Gasteiger partial charge on any atom is 0.242 e. The molecule has 104 valence electrons. The van der Waals surface area contributed by atoms with Gasteiger partial charge in [-0.2, -0.15) is 4.98 Å². The molecule has 0 aliphatic heterocycles. The molecule has 1 amide bonds. The predicted octanol–water partition coefficient (Wildman–Crippen LogP) is 1.13. The summed E-state index contributed by atoms with van der Waals surface area (Å²) < 4.78 is 5.58. The van der Waals surface area contributed by atoms with Crippen LogP contribution in [0.4, 0.5) is 11.5 Å². The highest BCUT2D eigenvalue weighted by Crippen LogP contribution is 2.31. The number of hydrogen-bond donors (Lipinski definition) is 3. The summed E-state index contributed by atoms with van der Waals surface area (Å²) in [6, 6.07) is 3.40. The Morgan fingerprint density at radius 1 is 1.53 bits per heavy atom. The number of carbonyl (C=O) groups excluding carboxylic acids is 1. The van der Waals surface area contributed by atoms with Gasteiger partial charge in [0, 0.05) is 0 Å². The lowest BCUT2D eigenvalue weighted by Crippen LogP contribution is -2.45. The first kappa shape index (κ1) is 13.5. The number of nitrogens with zero attached hydrogens (tertiary/aromatic N) is 1. The van der Waals surface area contributed by atoms with Crippen LogP contribution in [0.3, 0.4) is 0 Å². The van der Waals surface area contributed by atoms with Crippen molar-refractivity contribution in [2.75, 3.05) is 17.7 Å². The summed E-state index contributed by atoms with van der Waals surface area (Å²) in [5.74, 6) is 1.09. The van der Waals surface area contributed by atoms with Gasteiger partial charge in [0.05, 0.1) is 12.3 Å². The first-order valence-electron chi connectivity index (χ1n) is 6.36. The minimum Gasteiger partial charge on any atom is -0.476 e. The lowest BCUT2D eigenvalue weighted by molar-refractivity contribution is -0.121. The van der Waals surface area contributed by atoms with E-state index in [-0.39, 0.29) is 0 Å². The van der Waals surface area contributed by atoms with Crippen LogP contribution in [0.5, 0.6) is 5.88 Å². The molecule has 2 rings (SSSR count). The van der Waals surface area contributed by atoms with E-state index in [4.69, 9.17) is 16.2 Å². The van der Waals surface area contributed by atoms with Crippen molar-refractivity contribution in [2.45, 2.75) is 32.2 Å². The van der Waals surface area contributed by atoms with Crippen LogP contribution in [0.25, 0.3) is 0 Å². The number of rotatable bonds is 6. The van der Waals surface area contributed by atoms with E-state index in [1.54, 1.807) is 26.0 Å². The topological polar surface area (TPSA) is 103 Å². The molecule has 19 heavy (non-hydrogen) atoms. The second kappa shape index (κ2) is 4.95. The van der Waals surface area contributed by atoms with Gasteiger partial charge in [-0.15, -0.1) is 0 Å². The van der Waals surface area contributed by atoms with Gasteiger partial charge in [0.2, 0.25) is 11.8 Å². The van der Waals surface area contributed by atoms with Gasteiger partial charge in [-0.05, 0) is 44.7 Å². The zero-order valence-electron chi connectivity index (χ0n) is 11.3. The molecule has 1 aromatic heterocycles. The largest absolute Gasteiger partial charge is 0.476 e. The number of nitrogens with two attached hydrogens (primary N) is 2. The summed E-state index contributed by atoms with van der Waals surface area (Å²) in [4.78, 5) is 15.6. The zero-order chi connectivity index (χ0) is 14.0. The Kier molecular flexibility index (Phi) is 3.50. The Balaban J connectivity index is 2.08. The highest BCUT2D eigenvalue weighted by molar-refractivity contribution is 5.86. The molecule has 0 unspecified atom stereocenters. The molecule has 1 aromatic rings. The molecule has 1 heterocycles. The van der Waals surface area contributed by atoms with Crippen molar-refractivity contribution in [3.8, 4) is 5.88 Å². The zero-order valence-corrected chi connectivity index (χ0v) is 11.3. The number of anilines is 2. The third kappa shape index (κ3) is 3.49. The molecule has 1 aliphatic carbocycles. The molecule has 1 fully saturated rings. The molecule has 0 spiro atoms. The molecule has 5 N–H and O–H groups in total. The number of aromatic nitrogens is 1. The number of pyridine rings is 1. The number of carbonyl (C=O) groups is 1. The van der Waals surface area contributed by atoms with Crippen LogP contribution in [0.1, 0.15) is 26.7 Å². The van der Waals surface area contributed by atoms with Crippen LogP contribution in [-0.4, -0.2) is 23.0 Å². The Labute approximate surface area is 112 Å². The molecule has 0 bridgehead atoms. The second-order valence-electron chi connectivity index (χ2n) is 5.46. The van der Waals surface area contributed by atoms with Crippen molar-refractivity contribution in [3.63, 3.8) is 0 Å². The fraction of sp³-hybridized carbons (Fsp3) is 0.538. The average Bonchev–Trinajstić information content (AvgIpc) is 3.13. The molecule has 0 saturated heterocycles. The van der Waals surface area contributed by atoms with Gasteiger partial charge in [0.15, 0.2) is 0 Å². The molecule has 0 aromatic carbocycles. The molecule has 0 radical (unpaired) electrons. The van der Waals surface area contributed by atoms with E-state index < -0.39 is 11.4 Å². The van der Waals surface area contributed by atoms with Gasteiger partial charge in [-0.3, -0.25) is 4.79 Å². The summed E-state index contributed by atoms with van der Waals surface area (Å²) >= 11 is 0. The lowest BCUT2D eigenvalue weighted by Gasteiger charge is -2.23. The van der Waals surface area contributed by atoms with Gasteiger partial charge in [0.25, 0.3) is 0 Å². The summed E-state index contributed by atoms with van der Waals surface area (Å²) in [6.45, 7) is 4.02. The van der Waals surface area contributed by atoms with Crippen LogP contribution >= 0.6 is 0 Å². The van der Waals surface area contributed by atoms with Crippen molar-refractivity contribution in [3.05, 3.63) is 12.1 Å². The van der Waals surface area contributed by atoms with Gasteiger partial charge in [-0.1, -0.05) is 0 Å². The molecular weight excluding hydrogens is 244 g/mol. The summed E-state index contributed by atoms with van der Waals surface area (Å²) in [5, 5.41) is 2.97. The summed E-state index contributed by atoms with van der Waals surface area (Å²) in [6.07, 6.45) is 2.40. The third-order valence-electron chi connectivity index (χ3n) is 3.10. The molecule has 1 aliphatic rings. The molecule has 0 atom stereocenters. The third-order valence-corrected chi connectivity index (χ3v) is 3.10. The maximum absolute atomic E-state index is 11.3. The number of amides is 1. The number of hydrogen-bond acceptors (Lipinski definition) is 5. The van der Waals surface area contributed by atoms with E-state index >= 15 is 0 Å². The molecule has 6 heteroatoms. The number of nitrogen functional groups attached to an aromatic ring is 1. The predicted molar refractivity (Wildman–Crippen MR) is 73.8 cm³/mol. The quantitative estimate of drug-likeness (QED) is 0.714. The highest BCUT2D eigenvalue weighted by atomic mass is 16.5. The monoisotopic (exact) mass is 264 g/mol. The molecule has 6 nitrogen and oxygen atoms in total. The smallest absolute Gasteiger partial charge is 0.242 e. The summed E-state index contributed by atoms with van der Waals surface area (Å²) in [5.41, 5.74) is 10.7.